The van der Waals surface area contributed by atoms with Gasteiger partial charge in [0.15, 0.2) is 0 Å². The average molecular weight is 325 g/mol. The summed E-state index contributed by atoms with van der Waals surface area (Å²) in [5, 5.41) is 3.80. The number of carbonyl (C=O) groups excluding carboxylic acids is 1. The smallest absolute Gasteiger partial charge is 0.374 e. The summed E-state index contributed by atoms with van der Waals surface area (Å²) < 4.78 is 10.5. The molecule has 0 aromatic heterocycles. The zero-order valence-electron chi connectivity index (χ0n) is 13.4. The lowest BCUT2D eigenvalue weighted by molar-refractivity contribution is -0.141. The largest absolute Gasteiger partial charge is 0.460 e. The first-order chi connectivity index (χ1) is 11.8. The number of rotatable bonds is 8. The Morgan fingerprint density at radius 1 is 1.04 bits per heavy atom. The van der Waals surface area contributed by atoms with Crippen molar-refractivity contribution in [3.8, 4) is 5.75 Å². The molecule has 0 heterocycles. The molecule has 2 aromatic rings. The van der Waals surface area contributed by atoms with Gasteiger partial charge in [-0.05, 0) is 24.6 Å². The molecule has 2 aromatic carbocycles. The Bertz CT molecular complexity index is 681. The van der Waals surface area contributed by atoms with Crippen LogP contribution < -0.4 is 4.74 Å². The minimum atomic E-state index is -0.559. The van der Waals surface area contributed by atoms with Crippen molar-refractivity contribution in [1.82, 2.24) is 0 Å². The third kappa shape index (κ3) is 5.96. The van der Waals surface area contributed by atoms with Crippen molar-refractivity contribution in [2.75, 3.05) is 6.61 Å². The number of nitrogens with zero attached hydrogens (tertiary/aromatic N) is 1. The Balaban J connectivity index is 1.96. The van der Waals surface area contributed by atoms with Crippen molar-refractivity contribution in [3.05, 3.63) is 78.1 Å². The van der Waals surface area contributed by atoms with Gasteiger partial charge in [0, 0.05) is 6.08 Å². The molecule has 5 heteroatoms. The number of ether oxygens (including phenoxy) is 2. The summed E-state index contributed by atoms with van der Waals surface area (Å²) >= 11 is 0. The number of oxime groups is 1. The van der Waals surface area contributed by atoms with Crippen LogP contribution in [0.1, 0.15) is 12.5 Å². The Morgan fingerprint density at radius 3 is 2.38 bits per heavy atom. The molecule has 0 aliphatic carbocycles. The molecule has 0 aliphatic heterocycles. The van der Waals surface area contributed by atoms with Crippen LogP contribution in [0.4, 0.5) is 0 Å². The number of allylic oxidation sites excluding steroid dienone is 1. The van der Waals surface area contributed by atoms with Gasteiger partial charge in [-0.25, -0.2) is 4.79 Å². The van der Waals surface area contributed by atoms with Gasteiger partial charge in [0.05, 0.1) is 12.8 Å². The predicted molar refractivity (Wildman–Crippen MR) is 91.5 cm³/mol. The predicted octanol–water partition coefficient (Wildman–Crippen LogP) is 3.72. The maximum Gasteiger partial charge on any atom is 0.374 e. The fourth-order valence-electron chi connectivity index (χ4n) is 1.79. The summed E-state index contributed by atoms with van der Waals surface area (Å²) in [4.78, 5) is 17.1. The first-order valence-corrected chi connectivity index (χ1v) is 7.59. The first-order valence-electron chi connectivity index (χ1n) is 7.59. The molecule has 5 nitrogen and oxygen atoms in total. The molecule has 0 fully saturated rings. The number of hydrogen-bond acceptors (Lipinski definition) is 5. The van der Waals surface area contributed by atoms with Crippen molar-refractivity contribution in [1.29, 1.82) is 0 Å². The van der Waals surface area contributed by atoms with Gasteiger partial charge >= 0.3 is 5.97 Å². The van der Waals surface area contributed by atoms with Crippen LogP contribution in [0.2, 0.25) is 0 Å². The molecular weight excluding hydrogens is 306 g/mol. The van der Waals surface area contributed by atoms with Gasteiger partial charge in [0.25, 0.3) is 0 Å². The minimum absolute atomic E-state index is 0.0371. The molecule has 2 rings (SSSR count). The van der Waals surface area contributed by atoms with Gasteiger partial charge < -0.3 is 14.3 Å². The second-order valence-corrected chi connectivity index (χ2v) is 4.68. The van der Waals surface area contributed by atoms with E-state index in [0.717, 1.165) is 5.56 Å². The molecule has 0 saturated carbocycles. The maximum absolute atomic E-state index is 11.9. The number of hydrogen-bond donors (Lipinski definition) is 0. The number of benzene rings is 2. The number of carbonyl (C=O) groups is 1. The van der Waals surface area contributed by atoms with Crippen LogP contribution in [0.15, 0.2) is 77.7 Å². The van der Waals surface area contributed by atoms with Crippen LogP contribution in [-0.2, 0) is 21.0 Å². The molecule has 124 valence electrons. The Hall–Kier alpha value is -3.08. The van der Waals surface area contributed by atoms with Gasteiger partial charge in [-0.1, -0.05) is 53.7 Å². The van der Waals surface area contributed by atoms with E-state index in [1.54, 1.807) is 19.1 Å². The van der Waals surface area contributed by atoms with E-state index in [2.05, 4.69) is 5.16 Å². The van der Waals surface area contributed by atoms with Gasteiger partial charge in [0.1, 0.15) is 12.4 Å². The van der Waals surface area contributed by atoms with E-state index in [0.29, 0.717) is 12.4 Å². The zero-order valence-corrected chi connectivity index (χ0v) is 13.4. The lowest BCUT2D eigenvalue weighted by Gasteiger charge is -2.08. The molecular formula is C19H19NO4. The third-order valence-electron chi connectivity index (χ3n) is 2.88. The fourth-order valence-corrected chi connectivity index (χ4v) is 1.79. The molecule has 0 bridgehead atoms. The van der Waals surface area contributed by atoms with Crippen LogP contribution in [0, 0.1) is 0 Å². The van der Waals surface area contributed by atoms with E-state index in [9.17, 15) is 4.79 Å². The van der Waals surface area contributed by atoms with Crippen molar-refractivity contribution in [2.24, 2.45) is 5.16 Å². The van der Waals surface area contributed by atoms with Gasteiger partial charge in [-0.15, -0.1) is 0 Å². The minimum Gasteiger partial charge on any atom is -0.460 e. The van der Waals surface area contributed by atoms with Crippen LogP contribution in [0.3, 0.4) is 0 Å². The molecule has 0 radical (unpaired) electrons. The highest BCUT2D eigenvalue weighted by molar-refractivity contribution is 5.91. The highest BCUT2D eigenvalue weighted by Gasteiger charge is 2.12. The average Bonchev–Trinajstić information content (AvgIpc) is 2.62. The van der Waals surface area contributed by atoms with Crippen LogP contribution in [0.5, 0.6) is 5.75 Å². The normalized spacial score (nSPS) is 11.3. The van der Waals surface area contributed by atoms with E-state index in [-0.39, 0.29) is 12.4 Å². The summed E-state index contributed by atoms with van der Waals surface area (Å²) in [7, 11) is 0. The Morgan fingerprint density at radius 2 is 1.71 bits per heavy atom. The molecule has 0 unspecified atom stereocenters. The second-order valence-electron chi connectivity index (χ2n) is 4.68. The van der Waals surface area contributed by atoms with Crippen molar-refractivity contribution < 1.29 is 19.1 Å². The highest BCUT2D eigenvalue weighted by Crippen LogP contribution is 2.13. The third-order valence-corrected chi connectivity index (χ3v) is 2.88. The SMILES string of the molecule is CCOC(=O)/C(=C\C=N\OCc1ccccc1)Oc1ccccc1. The first kappa shape index (κ1) is 17.3. The van der Waals surface area contributed by atoms with Crippen LogP contribution in [-0.4, -0.2) is 18.8 Å². The lowest BCUT2D eigenvalue weighted by atomic mass is 10.2. The zero-order chi connectivity index (χ0) is 17.0. The molecule has 0 N–H and O–H groups in total. The topological polar surface area (TPSA) is 57.1 Å². The Kier molecular flexibility index (Phi) is 7.08. The number of para-hydroxylation sites is 1. The summed E-state index contributed by atoms with van der Waals surface area (Å²) in [5.41, 5.74) is 1.00. The lowest BCUT2D eigenvalue weighted by Crippen LogP contribution is -2.13. The second kappa shape index (κ2) is 9.84. The standard InChI is InChI=1S/C19H19NO4/c1-2-22-19(21)18(24-17-11-7-4-8-12-17)13-14-20-23-15-16-9-5-3-6-10-16/h3-14H,2,15H2,1H3/b18-13+,20-14+. The van der Waals surface area contributed by atoms with Gasteiger partial charge in [0.2, 0.25) is 5.76 Å². The maximum atomic E-state index is 11.9. The van der Waals surface area contributed by atoms with E-state index >= 15 is 0 Å². The molecule has 0 aliphatic rings. The Labute approximate surface area is 141 Å². The van der Waals surface area contributed by atoms with E-state index in [1.165, 1.54) is 12.3 Å². The molecule has 0 spiro atoms. The fraction of sp³-hybridized carbons (Fsp3) is 0.158. The van der Waals surface area contributed by atoms with Crippen molar-refractivity contribution in [2.45, 2.75) is 13.5 Å². The molecule has 0 saturated heterocycles. The monoisotopic (exact) mass is 325 g/mol. The molecule has 24 heavy (non-hydrogen) atoms. The van der Waals surface area contributed by atoms with E-state index in [1.807, 2.05) is 48.5 Å². The summed E-state index contributed by atoms with van der Waals surface area (Å²) in [6, 6.07) is 18.6. The van der Waals surface area contributed by atoms with Gasteiger partial charge in [-0.3, -0.25) is 0 Å². The summed E-state index contributed by atoms with van der Waals surface area (Å²) in [6.07, 6.45) is 2.77. The summed E-state index contributed by atoms with van der Waals surface area (Å²) in [6.45, 7) is 2.34. The highest BCUT2D eigenvalue weighted by atomic mass is 16.6. The van der Waals surface area contributed by atoms with E-state index in [4.69, 9.17) is 14.3 Å². The summed E-state index contributed by atoms with van der Waals surface area (Å²) in [5.74, 6) is 0.0152. The van der Waals surface area contributed by atoms with Crippen molar-refractivity contribution in [3.63, 3.8) is 0 Å². The van der Waals surface area contributed by atoms with Crippen LogP contribution in [0.25, 0.3) is 0 Å². The molecule has 0 atom stereocenters. The van der Waals surface area contributed by atoms with E-state index < -0.39 is 5.97 Å². The molecule has 0 amide bonds. The van der Waals surface area contributed by atoms with Gasteiger partial charge in [-0.2, -0.15) is 0 Å². The van der Waals surface area contributed by atoms with Crippen molar-refractivity contribution >= 4 is 12.2 Å². The number of esters is 1. The van der Waals surface area contributed by atoms with Crippen LogP contribution >= 0.6 is 0 Å². The quantitative estimate of drug-likeness (QED) is 0.244.